The number of rotatable bonds is 8. The van der Waals surface area contributed by atoms with Crippen molar-refractivity contribution < 1.29 is 0 Å². The molecule has 1 rings (SSSR count). The van der Waals surface area contributed by atoms with Crippen LogP contribution >= 0.6 is 12.2 Å². The molecular formula is C11H20N8S. The largest absolute Gasteiger partial charge is 0.358 e. The Kier molecular flexibility index (Phi) is 7.04. The number of hydrazine groups is 1. The van der Waals surface area contributed by atoms with Gasteiger partial charge in [0.1, 0.15) is 0 Å². The van der Waals surface area contributed by atoms with E-state index in [9.17, 15) is 0 Å². The van der Waals surface area contributed by atoms with Gasteiger partial charge in [0.05, 0.1) is 0 Å². The summed E-state index contributed by atoms with van der Waals surface area (Å²) >= 11 is 5.05. The second-order valence-electron chi connectivity index (χ2n) is 3.62. The van der Waals surface area contributed by atoms with Gasteiger partial charge in [-0.3, -0.25) is 10.9 Å². The fourth-order valence-electron chi connectivity index (χ4n) is 1.23. The lowest BCUT2D eigenvalue weighted by Crippen LogP contribution is -2.39. The maximum Gasteiger partial charge on any atom is 0.248 e. The Morgan fingerprint density at radius 3 is 2.15 bits per heavy atom. The van der Waals surface area contributed by atoms with Gasteiger partial charge >= 0.3 is 0 Å². The predicted octanol–water partition coefficient (Wildman–Crippen LogP) is 0.712. The molecule has 0 radical (unpaired) electrons. The van der Waals surface area contributed by atoms with Crippen LogP contribution in [-0.4, -0.2) is 39.7 Å². The van der Waals surface area contributed by atoms with Crippen LogP contribution in [-0.2, 0) is 0 Å². The normalized spacial score (nSPS) is 9.50. The SMILES string of the molecule is C=CCNC(=S)NNc1nc(NCC)nc(NCC)n1. The molecule has 0 unspecified atom stereocenters. The second kappa shape index (κ2) is 8.86. The van der Waals surface area contributed by atoms with Gasteiger partial charge in [0.2, 0.25) is 17.8 Å². The van der Waals surface area contributed by atoms with E-state index in [1.165, 1.54) is 0 Å². The van der Waals surface area contributed by atoms with Crippen LogP contribution in [0.1, 0.15) is 13.8 Å². The minimum Gasteiger partial charge on any atom is -0.358 e. The van der Waals surface area contributed by atoms with E-state index in [0.717, 1.165) is 13.1 Å². The highest BCUT2D eigenvalue weighted by Gasteiger charge is 2.05. The molecule has 0 aliphatic heterocycles. The van der Waals surface area contributed by atoms with Crippen LogP contribution in [0.25, 0.3) is 0 Å². The van der Waals surface area contributed by atoms with Crippen molar-refractivity contribution in [3.05, 3.63) is 12.7 Å². The van der Waals surface area contributed by atoms with Crippen LogP contribution in [0.15, 0.2) is 12.7 Å². The van der Waals surface area contributed by atoms with Crippen LogP contribution in [0.4, 0.5) is 17.8 Å². The molecule has 20 heavy (non-hydrogen) atoms. The summed E-state index contributed by atoms with van der Waals surface area (Å²) in [6.45, 7) is 9.56. The zero-order valence-electron chi connectivity index (χ0n) is 11.7. The maximum atomic E-state index is 5.05. The molecule has 110 valence electrons. The average molecular weight is 296 g/mol. The van der Waals surface area contributed by atoms with Crippen molar-refractivity contribution in [1.29, 1.82) is 0 Å². The highest BCUT2D eigenvalue weighted by atomic mass is 32.1. The van der Waals surface area contributed by atoms with Crippen molar-refractivity contribution in [3.8, 4) is 0 Å². The first-order valence-corrected chi connectivity index (χ1v) is 6.75. The lowest BCUT2D eigenvalue weighted by Gasteiger charge is -2.12. The topological polar surface area (TPSA) is 98.8 Å². The molecular weight excluding hydrogens is 276 g/mol. The Hall–Kier alpha value is -2.16. The van der Waals surface area contributed by atoms with E-state index in [4.69, 9.17) is 12.2 Å². The number of anilines is 3. The molecule has 8 nitrogen and oxygen atoms in total. The smallest absolute Gasteiger partial charge is 0.248 e. The molecule has 0 amide bonds. The van der Waals surface area contributed by atoms with E-state index >= 15 is 0 Å². The van der Waals surface area contributed by atoms with Gasteiger partial charge in [-0.1, -0.05) is 6.08 Å². The molecule has 0 atom stereocenters. The van der Waals surface area contributed by atoms with Crippen molar-refractivity contribution in [2.45, 2.75) is 13.8 Å². The monoisotopic (exact) mass is 296 g/mol. The second-order valence-corrected chi connectivity index (χ2v) is 4.02. The minimum atomic E-state index is 0.370. The van der Waals surface area contributed by atoms with Crippen molar-refractivity contribution in [2.75, 3.05) is 35.7 Å². The van der Waals surface area contributed by atoms with E-state index in [0.29, 0.717) is 29.5 Å². The quantitative estimate of drug-likeness (QED) is 0.270. The molecule has 0 saturated heterocycles. The molecule has 0 fully saturated rings. The summed E-state index contributed by atoms with van der Waals surface area (Å²) < 4.78 is 0. The van der Waals surface area contributed by atoms with E-state index in [1.807, 2.05) is 13.8 Å². The van der Waals surface area contributed by atoms with Crippen LogP contribution < -0.4 is 26.8 Å². The summed E-state index contributed by atoms with van der Waals surface area (Å²) in [5, 5.41) is 9.42. The summed E-state index contributed by atoms with van der Waals surface area (Å²) in [4.78, 5) is 12.6. The molecule has 0 aromatic carbocycles. The van der Waals surface area contributed by atoms with Crippen molar-refractivity contribution in [2.24, 2.45) is 0 Å². The van der Waals surface area contributed by atoms with Gasteiger partial charge in [-0.2, -0.15) is 15.0 Å². The highest BCUT2D eigenvalue weighted by Crippen LogP contribution is 2.08. The average Bonchev–Trinajstić information content (AvgIpc) is 2.43. The Bertz CT molecular complexity index is 426. The molecule has 1 aromatic rings. The highest BCUT2D eigenvalue weighted by molar-refractivity contribution is 7.80. The van der Waals surface area contributed by atoms with Gasteiger partial charge < -0.3 is 16.0 Å². The third-order valence-electron chi connectivity index (χ3n) is 2.00. The van der Waals surface area contributed by atoms with Crippen molar-refractivity contribution in [1.82, 2.24) is 25.7 Å². The van der Waals surface area contributed by atoms with Crippen LogP contribution in [0.3, 0.4) is 0 Å². The van der Waals surface area contributed by atoms with E-state index in [-0.39, 0.29) is 0 Å². The molecule has 0 saturated carbocycles. The summed E-state index contributed by atoms with van der Waals surface area (Å²) in [7, 11) is 0. The molecule has 0 aliphatic carbocycles. The van der Waals surface area contributed by atoms with Gasteiger partial charge in [0.15, 0.2) is 5.11 Å². The third kappa shape index (κ3) is 5.65. The van der Waals surface area contributed by atoms with Gasteiger partial charge in [0, 0.05) is 19.6 Å². The molecule has 5 N–H and O–H groups in total. The van der Waals surface area contributed by atoms with Gasteiger partial charge in [-0.25, -0.2) is 0 Å². The van der Waals surface area contributed by atoms with Crippen LogP contribution in [0, 0.1) is 0 Å². The van der Waals surface area contributed by atoms with Crippen molar-refractivity contribution in [3.63, 3.8) is 0 Å². The number of hydrogen-bond acceptors (Lipinski definition) is 7. The Morgan fingerprint density at radius 2 is 1.65 bits per heavy atom. The molecule has 0 aliphatic rings. The summed E-state index contributed by atoms with van der Waals surface area (Å²) in [5.41, 5.74) is 5.61. The lowest BCUT2D eigenvalue weighted by molar-refractivity contribution is 0.935. The zero-order chi connectivity index (χ0) is 14.8. The van der Waals surface area contributed by atoms with Gasteiger partial charge in [-0.05, 0) is 26.1 Å². The maximum absolute atomic E-state index is 5.05. The van der Waals surface area contributed by atoms with Crippen LogP contribution in [0.2, 0.25) is 0 Å². The third-order valence-corrected chi connectivity index (χ3v) is 2.25. The van der Waals surface area contributed by atoms with Crippen molar-refractivity contribution >= 4 is 35.2 Å². The summed E-state index contributed by atoms with van der Waals surface area (Å²) in [6.07, 6.45) is 1.71. The first-order chi connectivity index (χ1) is 9.69. The van der Waals surface area contributed by atoms with Gasteiger partial charge in [-0.15, -0.1) is 6.58 Å². The molecule has 0 bridgehead atoms. The molecule has 0 spiro atoms. The number of nitrogens with one attached hydrogen (secondary N) is 5. The summed E-state index contributed by atoms with van der Waals surface area (Å²) in [5.74, 6) is 1.36. The van der Waals surface area contributed by atoms with E-state index in [1.54, 1.807) is 6.08 Å². The number of hydrogen-bond donors (Lipinski definition) is 5. The summed E-state index contributed by atoms with van der Waals surface area (Å²) in [6, 6.07) is 0. The van der Waals surface area contributed by atoms with Crippen LogP contribution in [0.5, 0.6) is 0 Å². The molecule has 1 heterocycles. The van der Waals surface area contributed by atoms with E-state index < -0.39 is 0 Å². The number of aromatic nitrogens is 3. The van der Waals surface area contributed by atoms with Gasteiger partial charge in [0.25, 0.3) is 0 Å². The Morgan fingerprint density at radius 1 is 1.10 bits per heavy atom. The zero-order valence-corrected chi connectivity index (χ0v) is 12.5. The first kappa shape index (κ1) is 15.9. The molecule has 9 heteroatoms. The molecule has 1 aromatic heterocycles. The lowest BCUT2D eigenvalue weighted by atomic mass is 10.6. The fraction of sp³-hybridized carbons (Fsp3) is 0.455. The predicted molar refractivity (Wildman–Crippen MR) is 85.7 cm³/mol. The number of nitrogens with zero attached hydrogens (tertiary/aromatic N) is 3. The minimum absolute atomic E-state index is 0.370. The first-order valence-electron chi connectivity index (χ1n) is 6.34. The Labute approximate surface area is 123 Å². The fourth-order valence-corrected chi connectivity index (χ4v) is 1.36. The standard InChI is InChI=1S/C11H20N8S/c1-4-7-14-11(20)19-18-10-16-8(12-5-2)15-9(17-10)13-6-3/h4H,1,5-7H2,2-3H3,(H2,14,19,20)(H3,12,13,15,16,17,18). The Balaban J connectivity index is 2.67. The number of thiocarbonyl (C=S) groups is 1. The van der Waals surface area contributed by atoms with E-state index in [2.05, 4.69) is 48.3 Å².